The third kappa shape index (κ3) is 4.84. The van der Waals surface area contributed by atoms with E-state index in [2.05, 4.69) is 60.2 Å². The minimum atomic E-state index is -1.37. The number of carboxylic acids is 1. The molecule has 0 bridgehead atoms. The van der Waals surface area contributed by atoms with Gasteiger partial charge in [0.25, 0.3) is 0 Å². The second kappa shape index (κ2) is 10.4. The second-order valence-corrected chi connectivity index (χ2v) is 11.1. The largest absolute Gasteiger partial charge is 1.00 e. The van der Waals surface area contributed by atoms with E-state index in [-0.39, 0.29) is 47.3 Å². The smallest absolute Gasteiger partial charge is 0.545 e. The number of carbonyl (C=O) groups excluding carboxylic acids is 2. The first-order valence-corrected chi connectivity index (χ1v) is 12.8. The van der Waals surface area contributed by atoms with Gasteiger partial charge in [-0.3, -0.25) is 20.5 Å². The molecule has 0 amide bonds. The van der Waals surface area contributed by atoms with E-state index in [0.29, 0.717) is 5.92 Å². The summed E-state index contributed by atoms with van der Waals surface area (Å²) in [5.41, 5.74) is 9.21. The number of hydrogen-bond donors (Lipinski definition) is 2. The van der Waals surface area contributed by atoms with Crippen molar-refractivity contribution >= 4 is 11.8 Å². The summed E-state index contributed by atoms with van der Waals surface area (Å²) >= 11 is 0. The summed E-state index contributed by atoms with van der Waals surface area (Å²) < 4.78 is 0. The normalized spacial score (nSPS) is 33.2. The van der Waals surface area contributed by atoms with Crippen LogP contribution in [0, 0.1) is 11.8 Å². The van der Waals surface area contributed by atoms with Gasteiger partial charge in [0.2, 0.25) is 0 Å². The molecule has 1 spiro atoms. The van der Waals surface area contributed by atoms with Crippen molar-refractivity contribution in [1.82, 2.24) is 15.8 Å². The van der Waals surface area contributed by atoms with Crippen molar-refractivity contribution in [1.29, 1.82) is 0 Å². The summed E-state index contributed by atoms with van der Waals surface area (Å²) in [7, 11) is 4.33. The number of nitrogens with zero attached hydrogens (tertiary/aromatic N) is 1. The van der Waals surface area contributed by atoms with Crippen molar-refractivity contribution in [2.24, 2.45) is 11.8 Å². The number of hydrazine groups is 1. The fourth-order valence-corrected chi connectivity index (χ4v) is 6.73. The zero-order valence-electron chi connectivity index (χ0n) is 21.3. The third-order valence-electron chi connectivity index (χ3n) is 9.12. The maximum Gasteiger partial charge on any atom is 1.00 e. The van der Waals surface area contributed by atoms with E-state index >= 15 is 0 Å². The van der Waals surface area contributed by atoms with Crippen LogP contribution in [0.25, 0.3) is 0 Å². The predicted molar refractivity (Wildman–Crippen MR) is 129 cm³/mol. The maximum absolute atomic E-state index is 13.3. The second-order valence-electron chi connectivity index (χ2n) is 11.1. The number of Topliss-reactive ketones (excluding diaryl/α,β-unsaturated/α-hetero) is 1. The number of allylic oxidation sites excluding steroid dienone is 2. The molecule has 0 radical (unpaired) electrons. The molecule has 3 fully saturated rings. The number of hydrogen-bond acceptors (Lipinski definition) is 6. The van der Waals surface area contributed by atoms with Crippen LogP contribution in [-0.2, 0) is 15.1 Å². The van der Waals surface area contributed by atoms with Gasteiger partial charge in [-0.1, -0.05) is 61.2 Å². The third-order valence-corrected chi connectivity index (χ3v) is 9.12. The summed E-state index contributed by atoms with van der Waals surface area (Å²) in [6.45, 7) is 0. The summed E-state index contributed by atoms with van der Waals surface area (Å²) in [6.07, 6.45) is 12.7. The van der Waals surface area contributed by atoms with E-state index in [1.807, 2.05) is 6.08 Å². The molecule has 4 aliphatic rings. The van der Waals surface area contributed by atoms with Gasteiger partial charge in [0.1, 0.15) is 0 Å². The standard InChI is InChI=1S/C28H37N3O3.Li/c1-31(2)28(21-9-4-3-5-10-21)15-13-27(14-16-28)18-23(29-30-27)24-20(17-19-7-6-8-19)11-12-22(25(24)32)26(33)34;/h3-5,9-12,19,23-24,29-30H,6-8,13-18H2,1-2H3,(H,33,34);/q;+1/p-1/t23-,24?,27?,28?;/m0./s1. The first kappa shape index (κ1) is 26.4. The van der Waals surface area contributed by atoms with Crippen molar-refractivity contribution in [3.63, 3.8) is 0 Å². The summed E-state index contributed by atoms with van der Waals surface area (Å²) in [6, 6.07) is 10.6. The van der Waals surface area contributed by atoms with Crippen LogP contribution < -0.4 is 34.8 Å². The van der Waals surface area contributed by atoms with Crippen LogP contribution in [-0.4, -0.2) is 42.3 Å². The molecule has 2 atom stereocenters. The Labute approximate surface area is 220 Å². The van der Waals surface area contributed by atoms with Gasteiger partial charge in [-0.05, 0) is 70.2 Å². The monoisotopic (exact) mass is 469 g/mol. The molecule has 0 aromatic heterocycles. The maximum atomic E-state index is 13.3. The van der Waals surface area contributed by atoms with Crippen LogP contribution in [0.2, 0.25) is 0 Å². The molecule has 2 saturated carbocycles. The van der Waals surface area contributed by atoms with Crippen molar-refractivity contribution in [3.8, 4) is 0 Å². The number of nitrogens with one attached hydrogen (secondary N) is 2. The molecule has 35 heavy (non-hydrogen) atoms. The van der Waals surface area contributed by atoms with E-state index in [9.17, 15) is 14.7 Å². The molecular weight excluding hydrogens is 433 g/mol. The molecule has 1 unspecified atom stereocenters. The number of benzene rings is 1. The van der Waals surface area contributed by atoms with Gasteiger partial charge in [-0.15, -0.1) is 0 Å². The molecule has 182 valence electrons. The molecule has 6 nitrogen and oxygen atoms in total. The molecule has 2 N–H and O–H groups in total. The fourth-order valence-electron chi connectivity index (χ4n) is 6.73. The number of rotatable bonds is 6. The molecule has 5 rings (SSSR count). The van der Waals surface area contributed by atoms with Gasteiger partial charge in [-0.25, -0.2) is 0 Å². The Bertz CT molecular complexity index is 1010. The Balaban J connectivity index is 0.00000289. The van der Waals surface area contributed by atoms with Crippen molar-refractivity contribution in [2.75, 3.05) is 14.1 Å². The van der Waals surface area contributed by atoms with E-state index in [4.69, 9.17) is 0 Å². The minimum Gasteiger partial charge on any atom is -0.545 e. The number of aliphatic carboxylic acids is 1. The molecule has 1 aromatic carbocycles. The van der Waals surface area contributed by atoms with E-state index in [1.165, 1.54) is 30.9 Å². The van der Waals surface area contributed by atoms with Gasteiger partial charge >= 0.3 is 18.9 Å². The van der Waals surface area contributed by atoms with E-state index in [0.717, 1.165) is 44.1 Å². The van der Waals surface area contributed by atoms with Crippen LogP contribution in [0.15, 0.2) is 53.6 Å². The van der Waals surface area contributed by atoms with Crippen LogP contribution in [0.3, 0.4) is 0 Å². The van der Waals surface area contributed by atoms with Crippen molar-refractivity contribution in [2.45, 2.75) is 74.9 Å². The Hall–Kier alpha value is -1.68. The molecule has 1 aliphatic heterocycles. The molecule has 1 aromatic rings. The van der Waals surface area contributed by atoms with Crippen molar-refractivity contribution < 1.29 is 33.6 Å². The van der Waals surface area contributed by atoms with Gasteiger partial charge in [0, 0.05) is 22.7 Å². The average molecular weight is 470 g/mol. The van der Waals surface area contributed by atoms with E-state index < -0.39 is 11.9 Å². The first-order valence-electron chi connectivity index (χ1n) is 12.8. The molecule has 7 heteroatoms. The summed E-state index contributed by atoms with van der Waals surface area (Å²) in [4.78, 5) is 27.3. The van der Waals surface area contributed by atoms with Gasteiger partial charge in [0.05, 0.1) is 11.9 Å². The Morgan fingerprint density at radius 3 is 2.34 bits per heavy atom. The van der Waals surface area contributed by atoms with E-state index in [1.54, 1.807) is 0 Å². The van der Waals surface area contributed by atoms with Gasteiger partial charge in [0.15, 0.2) is 5.78 Å². The van der Waals surface area contributed by atoms with Crippen LogP contribution in [0.4, 0.5) is 0 Å². The molecular formula is C28H36LiN3O3. The predicted octanol–water partition coefficient (Wildman–Crippen LogP) is -0.381. The average Bonchev–Trinajstić information content (AvgIpc) is 3.20. The molecule has 1 saturated heterocycles. The Morgan fingerprint density at radius 2 is 1.77 bits per heavy atom. The zero-order valence-corrected chi connectivity index (χ0v) is 21.3. The quantitative estimate of drug-likeness (QED) is 0.437. The summed E-state index contributed by atoms with van der Waals surface area (Å²) in [5.74, 6) is -1.48. The van der Waals surface area contributed by atoms with Crippen LogP contribution in [0.5, 0.6) is 0 Å². The first-order chi connectivity index (χ1) is 16.3. The fraction of sp³-hybridized carbons (Fsp3) is 0.571. The Kier molecular flexibility index (Phi) is 7.81. The van der Waals surface area contributed by atoms with Crippen LogP contribution in [0.1, 0.15) is 63.4 Å². The number of carbonyl (C=O) groups is 2. The molecule has 1 heterocycles. The zero-order chi connectivity index (χ0) is 23.9. The van der Waals surface area contributed by atoms with Crippen molar-refractivity contribution in [3.05, 3.63) is 59.2 Å². The van der Waals surface area contributed by atoms with Crippen LogP contribution >= 0.6 is 0 Å². The topological polar surface area (TPSA) is 84.5 Å². The minimum absolute atomic E-state index is 0. The summed E-state index contributed by atoms with van der Waals surface area (Å²) in [5, 5.41) is 11.6. The van der Waals surface area contributed by atoms with Gasteiger partial charge < -0.3 is 9.90 Å². The number of ketones is 1. The number of carboxylic acid groups (broad SMARTS) is 1. The van der Waals surface area contributed by atoms with Gasteiger partial charge in [-0.2, -0.15) is 0 Å². The Morgan fingerprint density at radius 1 is 1.09 bits per heavy atom. The SMILES string of the molecule is CN(C)C1(c2ccccc2)CCC2(CC1)C[C@@H](C1C(=O)C(C(=O)[O-])=CC=C1CC1CCC1)NN2.[Li+]. The molecule has 3 aliphatic carbocycles.